The molecule has 104 valence electrons. The van der Waals surface area contributed by atoms with E-state index in [4.69, 9.17) is 10.5 Å². The van der Waals surface area contributed by atoms with Gasteiger partial charge in [-0.2, -0.15) is 0 Å². The molecule has 0 unspecified atom stereocenters. The van der Waals surface area contributed by atoms with Crippen molar-refractivity contribution in [2.45, 2.75) is 19.8 Å². The largest absolute Gasteiger partial charge is 0.462 e. The Morgan fingerprint density at radius 1 is 1.25 bits per heavy atom. The minimum atomic E-state index is -0.368. The van der Waals surface area contributed by atoms with E-state index in [1.54, 1.807) is 12.3 Å². The van der Waals surface area contributed by atoms with Gasteiger partial charge < -0.3 is 10.5 Å². The van der Waals surface area contributed by atoms with E-state index in [2.05, 4.69) is 4.98 Å². The van der Waals surface area contributed by atoms with Crippen molar-refractivity contribution < 1.29 is 9.53 Å². The van der Waals surface area contributed by atoms with Gasteiger partial charge in [0, 0.05) is 24.0 Å². The number of hydrogen-bond donors (Lipinski definition) is 1. The van der Waals surface area contributed by atoms with Crippen LogP contribution >= 0.6 is 0 Å². The summed E-state index contributed by atoms with van der Waals surface area (Å²) in [5.74, 6) is -0.368. The summed E-state index contributed by atoms with van der Waals surface area (Å²) in [5, 5.41) is 0. The first-order chi connectivity index (χ1) is 9.72. The Morgan fingerprint density at radius 2 is 2.10 bits per heavy atom. The van der Waals surface area contributed by atoms with Crippen molar-refractivity contribution in [3.05, 3.63) is 59.4 Å². The number of aromatic nitrogens is 1. The summed E-state index contributed by atoms with van der Waals surface area (Å²) in [6.07, 6.45) is 3.13. The van der Waals surface area contributed by atoms with Crippen LogP contribution in [0.2, 0.25) is 0 Å². The molecule has 1 aromatic carbocycles. The minimum absolute atomic E-state index is 0.368. The first kappa shape index (κ1) is 14.1. The van der Waals surface area contributed by atoms with E-state index >= 15 is 0 Å². The molecule has 0 radical (unpaired) electrons. The molecule has 0 spiro atoms. The van der Waals surface area contributed by atoms with Crippen LogP contribution in [0.25, 0.3) is 0 Å². The highest BCUT2D eigenvalue weighted by Crippen LogP contribution is 2.21. The summed E-state index contributed by atoms with van der Waals surface area (Å²) in [6.45, 7) is 2.36. The molecule has 0 fully saturated rings. The van der Waals surface area contributed by atoms with E-state index in [-0.39, 0.29) is 5.97 Å². The number of esters is 1. The molecule has 4 heteroatoms. The number of benzene rings is 1. The molecule has 1 heterocycles. The highest BCUT2D eigenvalue weighted by Gasteiger charge is 2.13. The first-order valence-corrected chi connectivity index (χ1v) is 6.66. The Morgan fingerprint density at radius 3 is 2.80 bits per heavy atom. The number of carbonyl (C=O) groups excluding carboxylic acids is 1. The van der Waals surface area contributed by atoms with Crippen molar-refractivity contribution in [3.63, 3.8) is 0 Å². The minimum Gasteiger partial charge on any atom is -0.462 e. The van der Waals surface area contributed by atoms with E-state index in [9.17, 15) is 4.79 Å². The number of rotatable bonds is 5. The van der Waals surface area contributed by atoms with Crippen LogP contribution in [0.4, 0.5) is 5.69 Å². The summed E-state index contributed by atoms with van der Waals surface area (Å²) in [6, 6.07) is 11.1. The molecule has 2 aromatic rings. The van der Waals surface area contributed by atoms with E-state index in [1.807, 2.05) is 37.3 Å². The Bertz CT molecular complexity index is 582. The van der Waals surface area contributed by atoms with Crippen LogP contribution in [-0.2, 0) is 11.2 Å². The number of ether oxygens (including phenoxy) is 1. The summed E-state index contributed by atoms with van der Waals surface area (Å²) in [4.78, 5) is 16.2. The zero-order valence-electron chi connectivity index (χ0n) is 11.5. The second-order valence-electron chi connectivity index (χ2n) is 4.51. The zero-order valence-corrected chi connectivity index (χ0v) is 11.5. The van der Waals surface area contributed by atoms with Gasteiger partial charge in [0.25, 0.3) is 0 Å². The molecule has 20 heavy (non-hydrogen) atoms. The number of nitrogens with zero attached hydrogens (tertiary/aromatic N) is 1. The monoisotopic (exact) mass is 270 g/mol. The van der Waals surface area contributed by atoms with Crippen molar-refractivity contribution >= 4 is 11.7 Å². The second-order valence-corrected chi connectivity index (χ2v) is 4.51. The van der Waals surface area contributed by atoms with Gasteiger partial charge in [-0.05, 0) is 30.2 Å². The highest BCUT2D eigenvalue weighted by atomic mass is 16.5. The Hall–Kier alpha value is -2.36. The molecule has 2 N–H and O–H groups in total. The lowest BCUT2D eigenvalue weighted by Crippen LogP contribution is -2.10. The van der Waals surface area contributed by atoms with Crippen molar-refractivity contribution in [2.75, 3.05) is 12.3 Å². The molecule has 0 saturated carbocycles. The lowest BCUT2D eigenvalue weighted by atomic mass is 10.0. The van der Waals surface area contributed by atoms with Crippen LogP contribution in [-0.4, -0.2) is 17.6 Å². The van der Waals surface area contributed by atoms with Gasteiger partial charge in [0.1, 0.15) is 0 Å². The molecule has 0 bridgehead atoms. The van der Waals surface area contributed by atoms with Crippen LogP contribution in [0.5, 0.6) is 0 Å². The highest BCUT2D eigenvalue weighted by molar-refractivity contribution is 5.95. The normalized spacial score (nSPS) is 10.2. The van der Waals surface area contributed by atoms with Crippen molar-refractivity contribution in [1.82, 2.24) is 4.98 Å². The maximum absolute atomic E-state index is 11.9. The third-order valence-corrected chi connectivity index (χ3v) is 2.95. The summed E-state index contributed by atoms with van der Waals surface area (Å²) < 4.78 is 5.13. The van der Waals surface area contributed by atoms with Gasteiger partial charge in [-0.3, -0.25) is 4.98 Å². The average Bonchev–Trinajstić information content (AvgIpc) is 2.48. The molecule has 0 aliphatic heterocycles. The van der Waals surface area contributed by atoms with Crippen LogP contribution in [0.15, 0.2) is 42.6 Å². The van der Waals surface area contributed by atoms with Gasteiger partial charge in [0.15, 0.2) is 0 Å². The summed E-state index contributed by atoms with van der Waals surface area (Å²) >= 11 is 0. The van der Waals surface area contributed by atoms with Crippen molar-refractivity contribution in [3.8, 4) is 0 Å². The van der Waals surface area contributed by atoms with Gasteiger partial charge in [0.2, 0.25) is 0 Å². The van der Waals surface area contributed by atoms with Gasteiger partial charge in [0.05, 0.1) is 12.2 Å². The zero-order chi connectivity index (χ0) is 14.4. The Labute approximate surface area is 118 Å². The van der Waals surface area contributed by atoms with Crippen LogP contribution in [0.1, 0.15) is 35.0 Å². The van der Waals surface area contributed by atoms with Gasteiger partial charge in [-0.15, -0.1) is 0 Å². The second kappa shape index (κ2) is 6.70. The van der Waals surface area contributed by atoms with Crippen LogP contribution in [0.3, 0.4) is 0 Å². The summed E-state index contributed by atoms with van der Waals surface area (Å²) in [5.41, 5.74) is 8.77. The topological polar surface area (TPSA) is 65.2 Å². The predicted molar refractivity (Wildman–Crippen MR) is 78.5 cm³/mol. The van der Waals surface area contributed by atoms with E-state index < -0.39 is 0 Å². The molecule has 4 nitrogen and oxygen atoms in total. The quantitative estimate of drug-likeness (QED) is 0.670. The summed E-state index contributed by atoms with van der Waals surface area (Å²) in [7, 11) is 0. The standard InChI is InChI=1S/C16H18N2O2/c1-2-10-20-16(19)14-8-5-6-12(15(14)17)11-13-7-3-4-9-18-13/h3-9H,2,10-11,17H2,1H3. The van der Waals surface area contributed by atoms with Crippen molar-refractivity contribution in [1.29, 1.82) is 0 Å². The fraction of sp³-hybridized carbons (Fsp3) is 0.250. The number of hydrogen-bond acceptors (Lipinski definition) is 4. The first-order valence-electron chi connectivity index (χ1n) is 6.66. The predicted octanol–water partition coefficient (Wildman–Crippen LogP) is 2.82. The van der Waals surface area contributed by atoms with Crippen LogP contribution < -0.4 is 5.73 Å². The van der Waals surface area contributed by atoms with E-state index in [1.165, 1.54) is 0 Å². The molecule has 1 aromatic heterocycles. The molecule has 0 saturated heterocycles. The maximum atomic E-state index is 11.9. The number of pyridine rings is 1. The number of anilines is 1. The number of carbonyl (C=O) groups is 1. The lowest BCUT2D eigenvalue weighted by Gasteiger charge is -2.10. The van der Waals surface area contributed by atoms with Gasteiger partial charge in [-0.25, -0.2) is 4.79 Å². The lowest BCUT2D eigenvalue weighted by molar-refractivity contribution is 0.0506. The smallest absolute Gasteiger partial charge is 0.340 e. The third-order valence-electron chi connectivity index (χ3n) is 2.95. The Balaban J connectivity index is 2.21. The maximum Gasteiger partial charge on any atom is 0.340 e. The Kier molecular flexibility index (Phi) is 4.71. The van der Waals surface area contributed by atoms with Gasteiger partial charge in [-0.1, -0.05) is 25.1 Å². The molecule has 0 aliphatic rings. The molecule has 0 amide bonds. The molecule has 0 aliphatic carbocycles. The van der Waals surface area contributed by atoms with Gasteiger partial charge >= 0.3 is 5.97 Å². The van der Waals surface area contributed by atoms with E-state index in [0.29, 0.717) is 24.3 Å². The number of para-hydroxylation sites is 1. The van der Waals surface area contributed by atoms with Crippen molar-refractivity contribution in [2.24, 2.45) is 0 Å². The fourth-order valence-electron chi connectivity index (χ4n) is 1.92. The molecular formula is C16H18N2O2. The number of nitrogens with two attached hydrogens (primary N) is 1. The fourth-order valence-corrected chi connectivity index (χ4v) is 1.92. The van der Waals surface area contributed by atoms with E-state index in [0.717, 1.165) is 17.7 Å². The molecule has 2 rings (SSSR count). The molecule has 0 atom stereocenters. The SMILES string of the molecule is CCCOC(=O)c1cccc(Cc2ccccn2)c1N. The average molecular weight is 270 g/mol. The number of nitrogen functional groups attached to an aromatic ring is 1. The van der Waals surface area contributed by atoms with Crippen LogP contribution in [0, 0.1) is 0 Å². The molecular weight excluding hydrogens is 252 g/mol. The third kappa shape index (κ3) is 3.35.